The van der Waals surface area contributed by atoms with Crippen LogP contribution in [0.2, 0.25) is 0 Å². The molecule has 0 bridgehead atoms. The molecule has 0 amide bonds. The molecule has 0 unspecified atom stereocenters. The normalized spacial score (nSPS) is 11.6. The van der Waals surface area contributed by atoms with E-state index >= 15 is 0 Å². The minimum absolute atomic E-state index is 0.0373. The lowest BCUT2D eigenvalue weighted by atomic mass is 10.0. The summed E-state index contributed by atoms with van der Waals surface area (Å²) >= 11 is 1.68. The number of benzene rings is 2. The van der Waals surface area contributed by atoms with Crippen LogP contribution < -0.4 is 4.90 Å². The zero-order valence-corrected chi connectivity index (χ0v) is 19.5. The number of hydrogen-bond acceptors (Lipinski definition) is 3. The van der Waals surface area contributed by atoms with Crippen molar-refractivity contribution in [2.45, 2.75) is 47.0 Å². The monoisotopic (exact) mass is 525 g/mol. The fourth-order valence-electron chi connectivity index (χ4n) is 3.17. The van der Waals surface area contributed by atoms with Gasteiger partial charge in [-0.3, -0.25) is 0 Å². The summed E-state index contributed by atoms with van der Waals surface area (Å²) in [4.78, 5) is 1.96. The summed E-state index contributed by atoms with van der Waals surface area (Å²) in [6.07, 6.45) is -4.52. The maximum absolute atomic E-state index is 13.1. The zero-order valence-electron chi connectivity index (χ0n) is 17.3. The van der Waals surface area contributed by atoms with Crippen molar-refractivity contribution in [3.05, 3.63) is 85.1 Å². The minimum Gasteiger partial charge on any atom is -0.346 e. The van der Waals surface area contributed by atoms with E-state index in [1.54, 1.807) is 22.6 Å². The Balaban J connectivity index is 1.98. The van der Waals surface area contributed by atoms with Crippen LogP contribution in [0.1, 0.15) is 39.1 Å². The first-order chi connectivity index (χ1) is 14.0. The number of alkyl halides is 3. The van der Waals surface area contributed by atoms with Crippen molar-refractivity contribution in [2.75, 3.05) is 4.90 Å². The van der Waals surface area contributed by atoms with Crippen LogP contribution in [0, 0.1) is 31.3 Å². The van der Waals surface area contributed by atoms with Gasteiger partial charge in [-0.15, -0.1) is 10.2 Å². The summed E-state index contributed by atoms with van der Waals surface area (Å²) in [7, 11) is 0. The molecule has 3 aromatic rings. The van der Waals surface area contributed by atoms with Gasteiger partial charge >= 0.3 is 6.18 Å². The van der Waals surface area contributed by atoms with Gasteiger partial charge in [0.05, 0.1) is 0 Å². The first-order valence-corrected chi connectivity index (χ1v) is 10.6. The van der Waals surface area contributed by atoms with Gasteiger partial charge in [0.15, 0.2) is 11.5 Å². The Morgan fingerprint density at radius 3 is 1.67 bits per heavy atom. The number of rotatable bonds is 5. The summed E-state index contributed by atoms with van der Waals surface area (Å²) in [5, 5.41) is 7.42. The molecule has 0 aliphatic rings. The van der Waals surface area contributed by atoms with Crippen molar-refractivity contribution in [1.29, 1.82) is 0 Å². The van der Waals surface area contributed by atoms with Crippen molar-refractivity contribution in [1.82, 2.24) is 10.2 Å². The van der Waals surface area contributed by atoms with Gasteiger partial charge in [0, 0.05) is 16.7 Å². The molecule has 158 valence electrons. The average molecular weight is 525 g/mol. The van der Waals surface area contributed by atoms with E-state index in [1.807, 2.05) is 30.9 Å². The molecule has 0 N–H and O–H groups in total. The molecular formula is C23H23F3IN3. The molecule has 1 aromatic heterocycles. The molecule has 1 heterocycles. The quantitative estimate of drug-likeness (QED) is 0.355. The van der Waals surface area contributed by atoms with Crippen molar-refractivity contribution in [3.8, 4) is 0 Å². The number of anilines is 1. The fraction of sp³-hybridized carbons (Fsp3) is 0.304. The van der Waals surface area contributed by atoms with Crippen molar-refractivity contribution in [3.63, 3.8) is 0 Å². The van der Waals surface area contributed by atoms with Gasteiger partial charge in [0.1, 0.15) is 0 Å². The van der Waals surface area contributed by atoms with Crippen LogP contribution in [0.25, 0.3) is 0 Å². The van der Waals surface area contributed by atoms with Crippen LogP contribution in [0.4, 0.5) is 19.0 Å². The highest BCUT2D eigenvalue weighted by molar-refractivity contribution is 14.1. The van der Waals surface area contributed by atoms with Crippen molar-refractivity contribution >= 4 is 28.4 Å². The fourth-order valence-corrected chi connectivity index (χ4v) is 3.86. The predicted octanol–water partition coefficient (Wildman–Crippen LogP) is 6.54. The van der Waals surface area contributed by atoms with Gasteiger partial charge < -0.3 is 4.90 Å². The average Bonchev–Trinajstić information content (AvgIpc) is 2.66. The van der Waals surface area contributed by atoms with Crippen LogP contribution in [-0.2, 0) is 19.3 Å². The van der Waals surface area contributed by atoms with E-state index < -0.39 is 11.9 Å². The second kappa shape index (κ2) is 8.91. The highest BCUT2D eigenvalue weighted by Gasteiger charge is 2.36. The van der Waals surface area contributed by atoms with Gasteiger partial charge in [-0.05, 0) is 89.7 Å². The Morgan fingerprint density at radius 1 is 0.767 bits per heavy atom. The number of nitrogens with zero attached hydrogens (tertiary/aromatic N) is 3. The second-order valence-electron chi connectivity index (χ2n) is 7.59. The Bertz CT molecular complexity index is 1010. The zero-order chi connectivity index (χ0) is 22.1. The van der Waals surface area contributed by atoms with E-state index in [2.05, 4.69) is 48.3 Å². The number of halogens is 4. The molecule has 7 heteroatoms. The van der Waals surface area contributed by atoms with Gasteiger partial charge in [0.2, 0.25) is 0 Å². The highest BCUT2D eigenvalue weighted by Crippen LogP contribution is 2.32. The molecule has 2 aromatic carbocycles. The van der Waals surface area contributed by atoms with Crippen LogP contribution >= 0.6 is 22.6 Å². The Morgan fingerprint density at radius 2 is 1.27 bits per heavy atom. The Hall–Kier alpha value is -2.16. The first kappa shape index (κ1) is 22.5. The van der Waals surface area contributed by atoms with Gasteiger partial charge in [-0.2, -0.15) is 13.2 Å². The minimum atomic E-state index is -4.52. The molecule has 0 aliphatic carbocycles. The molecule has 0 saturated heterocycles. The molecule has 30 heavy (non-hydrogen) atoms. The van der Waals surface area contributed by atoms with Crippen molar-refractivity contribution in [2.24, 2.45) is 0 Å². The molecule has 0 saturated carbocycles. The van der Waals surface area contributed by atoms with Crippen LogP contribution in [0.3, 0.4) is 0 Å². The summed E-state index contributed by atoms with van der Waals surface area (Å²) in [6.45, 7) is 9.24. The molecule has 0 spiro atoms. The van der Waals surface area contributed by atoms with E-state index in [1.165, 1.54) is 28.3 Å². The molecule has 0 fully saturated rings. The standard InChI is InChI=1S/C23H23F3IN3/c1-14-5-7-18(9-16(14)3)12-30(13-19-8-6-15(2)17(4)10-19)21-11-20(27)22(29-28-21)23(24,25)26/h5-11H,12-13H2,1-4H3. The molecule has 3 nitrogen and oxygen atoms in total. The summed E-state index contributed by atoms with van der Waals surface area (Å²) in [5.74, 6) is 0.420. The Kier molecular flexibility index (Phi) is 6.69. The molecule has 0 aliphatic heterocycles. The lowest BCUT2D eigenvalue weighted by Gasteiger charge is -2.25. The Labute approximate surface area is 188 Å². The number of aromatic nitrogens is 2. The third-order valence-corrected chi connectivity index (χ3v) is 6.04. The smallest absolute Gasteiger partial charge is 0.346 e. The molecule has 0 radical (unpaired) electrons. The van der Waals surface area contributed by atoms with Gasteiger partial charge in [-0.25, -0.2) is 0 Å². The second-order valence-corrected chi connectivity index (χ2v) is 8.75. The third kappa shape index (κ3) is 5.30. The van der Waals surface area contributed by atoms with E-state index in [9.17, 15) is 13.2 Å². The maximum Gasteiger partial charge on any atom is 0.436 e. The van der Waals surface area contributed by atoms with E-state index in [4.69, 9.17) is 0 Å². The highest BCUT2D eigenvalue weighted by atomic mass is 127. The largest absolute Gasteiger partial charge is 0.436 e. The van der Waals surface area contributed by atoms with Crippen molar-refractivity contribution < 1.29 is 13.2 Å². The van der Waals surface area contributed by atoms with Crippen LogP contribution in [-0.4, -0.2) is 10.2 Å². The van der Waals surface area contributed by atoms with E-state index in [0.717, 1.165) is 11.1 Å². The molecule has 3 rings (SSSR count). The summed E-state index contributed by atoms with van der Waals surface area (Å²) < 4.78 is 39.4. The number of hydrogen-bond donors (Lipinski definition) is 0. The summed E-state index contributed by atoms with van der Waals surface area (Å²) in [5.41, 5.74) is 5.92. The number of aryl methyl sites for hydroxylation is 4. The van der Waals surface area contributed by atoms with Crippen LogP contribution in [0.5, 0.6) is 0 Å². The molecular weight excluding hydrogens is 502 g/mol. The van der Waals surface area contributed by atoms with E-state index in [0.29, 0.717) is 18.9 Å². The lowest BCUT2D eigenvalue weighted by Crippen LogP contribution is -2.25. The first-order valence-electron chi connectivity index (χ1n) is 9.52. The third-order valence-electron chi connectivity index (χ3n) is 5.22. The van der Waals surface area contributed by atoms with Crippen LogP contribution in [0.15, 0.2) is 42.5 Å². The summed E-state index contributed by atoms with van der Waals surface area (Å²) in [6, 6.07) is 13.9. The molecule has 0 atom stereocenters. The van der Waals surface area contributed by atoms with Gasteiger partial charge in [-0.1, -0.05) is 36.4 Å². The maximum atomic E-state index is 13.1. The van der Waals surface area contributed by atoms with E-state index in [-0.39, 0.29) is 3.57 Å². The SMILES string of the molecule is Cc1ccc(CN(Cc2ccc(C)c(C)c2)c2cc(I)c(C(F)(F)F)nn2)cc1C. The topological polar surface area (TPSA) is 29.0 Å². The van der Waals surface area contributed by atoms with Gasteiger partial charge in [0.25, 0.3) is 0 Å². The lowest BCUT2D eigenvalue weighted by molar-refractivity contribution is -0.142. The predicted molar refractivity (Wildman–Crippen MR) is 121 cm³/mol.